The second-order valence-electron chi connectivity index (χ2n) is 8.40. The standard InChI is InChI=1S/C27H28FN3O2/c28-23-16-8-7-15-22(23)25(26(32)30-21-13-5-2-6-14-21)31(19-20-11-3-1-4-12-20)27(33)24-17-9-10-18-29-24/h1,3-4,7-12,15-18,21,25H,2,5-6,13-14,19H2,(H,30,32)/t25-/m0/s1. The van der Waals surface area contributed by atoms with Crippen LogP contribution in [0.25, 0.3) is 0 Å². The molecule has 0 bridgehead atoms. The van der Waals surface area contributed by atoms with Crippen LogP contribution in [0.15, 0.2) is 79.0 Å². The van der Waals surface area contributed by atoms with Gasteiger partial charge in [0, 0.05) is 24.3 Å². The fourth-order valence-corrected chi connectivity index (χ4v) is 4.37. The Morgan fingerprint density at radius 3 is 2.33 bits per heavy atom. The van der Waals surface area contributed by atoms with Gasteiger partial charge in [0.2, 0.25) is 5.91 Å². The van der Waals surface area contributed by atoms with Crippen molar-refractivity contribution in [2.45, 2.75) is 50.7 Å². The van der Waals surface area contributed by atoms with Crippen molar-refractivity contribution < 1.29 is 14.0 Å². The summed E-state index contributed by atoms with van der Waals surface area (Å²) in [4.78, 5) is 32.9. The highest BCUT2D eigenvalue weighted by Gasteiger charge is 2.35. The molecule has 2 amide bonds. The van der Waals surface area contributed by atoms with Crippen molar-refractivity contribution in [2.24, 2.45) is 0 Å². The van der Waals surface area contributed by atoms with E-state index < -0.39 is 17.8 Å². The van der Waals surface area contributed by atoms with Gasteiger partial charge >= 0.3 is 0 Å². The van der Waals surface area contributed by atoms with Gasteiger partial charge in [0.15, 0.2) is 0 Å². The summed E-state index contributed by atoms with van der Waals surface area (Å²) in [7, 11) is 0. The lowest BCUT2D eigenvalue weighted by Crippen LogP contribution is -2.47. The summed E-state index contributed by atoms with van der Waals surface area (Å²) in [6.45, 7) is 0.146. The van der Waals surface area contributed by atoms with Gasteiger partial charge in [-0.25, -0.2) is 4.39 Å². The molecule has 1 saturated carbocycles. The predicted molar refractivity (Wildman–Crippen MR) is 125 cm³/mol. The highest BCUT2D eigenvalue weighted by molar-refractivity contribution is 5.96. The number of rotatable bonds is 7. The van der Waals surface area contributed by atoms with Gasteiger partial charge in [-0.15, -0.1) is 0 Å². The summed E-state index contributed by atoms with van der Waals surface area (Å²) in [5.41, 5.74) is 1.22. The molecule has 1 N–H and O–H groups in total. The molecular weight excluding hydrogens is 417 g/mol. The lowest BCUT2D eigenvalue weighted by atomic mass is 9.94. The molecular formula is C27H28FN3O2. The first-order valence-electron chi connectivity index (χ1n) is 11.4. The Hall–Kier alpha value is -3.54. The van der Waals surface area contributed by atoms with Gasteiger partial charge in [-0.3, -0.25) is 14.6 Å². The van der Waals surface area contributed by atoms with Crippen molar-refractivity contribution in [3.8, 4) is 0 Å². The number of benzene rings is 2. The predicted octanol–water partition coefficient (Wildman–Crippen LogP) is 5.05. The molecule has 0 unspecified atom stereocenters. The Morgan fingerprint density at radius 2 is 1.64 bits per heavy atom. The van der Waals surface area contributed by atoms with Crippen molar-refractivity contribution in [1.29, 1.82) is 0 Å². The zero-order chi connectivity index (χ0) is 23.0. The molecule has 0 spiro atoms. The van der Waals surface area contributed by atoms with Gasteiger partial charge < -0.3 is 10.2 Å². The molecule has 6 heteroatoms. The minimum atomic E-state index is -1.12. The van der Waals surface area contributed by atoms with Crippen LogP contribution in [0.1, 0.15) is 59.8 Å². The van der Waals surface area contributed by atoms with E-state index in [0.29, 0.717) is 0 Å². The molecule has 33 heavy (non-hydrogen) atoms. The summed E-state index contributed by atoms with van der Waals surface area (Å²) < 4.78 is 15.0. The van der Waals surface area contributed by atoms with E-state index >= 15 is 4.39 Å². The van der Waals surface area contributed by atoms with Crippen LogP contribution in [-0.4, -0.2) is 27.7 Å². The summed E-state index contributed by atoms with van der Waals surface area (Å²) in [6, 6.07) is 19.5. The number of aromatic nitrogens is 1. The van der Waals surface area contributed by atoms with Crippen LogP contribution in [-0.2, 0) is 11.3 Å². The average Bonchev–Trinajstić information content (AvgIpc) is 2.86. The largest absolute Gasteiger partial charge is 0.351 e. The maximum absolute atomic E-state index is 15.0. The van der Waals surface area contributed by atoms with Crippen LogP contribution in [0.4, 0.5) is 4.39 Å². The summed E-state index contributed by atoms with van der Waals surface area (Å²) in [5.74, 6) is -1.31. The van der Waals surface area contributed by atoms with Crippen molar-refractivity contribution in [2.75, 3.05) is 0 Å². The molecule has 1 aromatic heterocycles. The monoisotopic (exact) mass is 445 g/mol. The third-order valence-corrected chi connectivity index (χ3v) is 6.05. The molecule has 3 aromatic rings. The number of pyridine rings is 1. The number of carbonyl (C=O) groups excluding carboxylic acids is 2. The molecule has 170 valence electrons. The lowest BCUT2D eigenvalue weighted by molar-refractivity contribution is -0.127. The van der Waals surface area contributed by atoms with Crippen LogP contribution in [0.2, 0.25) is 0 Å². The summed E-state index contributed by atoms with van der Waals surface area (Å²) in [5, 5.41) is 3.10. The van der Waals surface area contributed by atoms with Crippen molar-refractivity contribution in [3.63, 3.8) is 0 Å². The van der Waals surface area contributed by atoms with Crippen LogP contribution in [0.3, 0.4) is 0 Å². The minimum Gasteiger partial charge on any atom is -0.351 e. The summed E-state index contributed by atoms with van der Waals surface area (Å²) >= 11 is 0. The molecule has 1 atom stereocenters. The number of halogens is 1. The molecule has 5 nitrogen and oxygen atoms in total. The molecule has 4 rings (SSSR count). The molecule has 0 saturated heterocycles. The number of nitrogens with one attached hydrogen (secondary N) is 1. The maximum atomic E-state index is 15.0. The third-order valence-electron chi connectivity index (χ3n) is 6.05. The second-order valence-corrected chi connectivity index (χ2v) is 8.40. The zero-order valence-electron chi connectivity index (χ0n) is 18.5. The molecule has 0 radical (unpaired) electrons. The van der Waals surface area contributed by atoms with E-state index in [1.165, 1.54) is 17.2 Å². The highest BCUT2D eigenvalue weighted by Crippen LogP contribution is 2.28. The van der Waals surface area contributed by atoms with Crippen molar-refractivity contribution >= 4 is 11.8 Å². The van der Waals surface area contributed by atoms with Gasteiger partial charge in [0.05, 0.1) is 0 Å². The Balaban J connectivity index is 1.75. The summed E-state index contributed by atoms with van der Waals surface area (Å²) in [6.07, 6.45) is 6.58. The number of carbonyl (C=O) groups is 2. The maximum Gasteiger partial charge on any atom is 0.273 e. The van der Waals surface area contributed by atoms with Crippen LogP contribution in [0, 0.1) is 5.82 Å². The van der Waals surface area contributed by atoms with Gasteiger partial charge in [-0.2, -0.15) is 0 Å². The van der Waals surface area contributed by atoms with E-state index in [4.69, 9.17) is 0 Å². The topological polar surface area (TPSA) is 62.3 Å². The SMILES string of the molecule is O=C(NC1CCCCC1)[C@H](c1ccccc1F)N(Cc1ccccc1)C(=O)c1ccccn1. The minimum absolute atomic E-state index is 0.0315. The molecule has 1 aliphatic rings. The van der Waals surface area contributed by atoms with Gasteiger partial charge in [0.25, 0.3) is 5.91 Å². The van der Waals surface area contributed by atoms with Gasteiger partial charge in [-0.05, 0) is 36.6 Å². The van der Waals surface area contributed by atoms with E-state index in [1.54, 1.807) is 36.4 Å². The number of hydrogen-bond acceptors (Lipinski definition) is 3. The van der Waals surface area contributed by atoms with Crippen molar-refractivity contribution in [3.05, 3.63) is 102 Å². The van der Waals surface area contributed by atoms with E-state index in [1.807, 2.05) is 30.3 Å². The smallest absolute Gasteiger partial charge is 0.273 e. The fraction of sp³-hybridized carbons (Fsp3) is 0.296. The number of hydrogen-bond donors (Lipinski definition) is 1. The van der Waals surface area contributed by atoms with Crippen LogP contribution < -0.4 is 5.32 Å². The molecule has 1 heterocycles. The molecule has 0 aliphatic heterocycles. The van der Waals surface area contributed by atoms with Crippen LogP contribution in [0.5, 0.6) is 0 Å². The zero-order valence-corrected chi connectivity index (χ0v) is 18.5. The van der Waals surface area contributed by atoms with E-state index in [2.05, 4.69) is 10.3 Å². The first-order chi connectivity index (χ1) is 16.1. The number of amides is 2. The van der Waals surface area contributed by atoms with E-state index in [9.17, 15) is 9.59 Å². The number of nitrogens with zero attached hydrogens (tertiary/aromatic N) is 2. The van der Waals surface area contributed by atoms with Crippen molar-refractivity contribution in [1.82, 2.24) is 15.2 Å². The fourth-order valence-electron chi connectivity index (χ4n) is 4.37. The van der Waals surface area contributed by atoms with E-state index in [-0.39, 0.29) is 29.8 Å². The first kappa shape index (κ1) is 22.6. The third kappa shape index (κ3) is 5.64. The Kier molecular flexibility index (Phi) is 7.45. The molecule has 2 aromatic carbocycles. The Morgan fingerprint density at radius 1 is 0.939 bits per heavy atom. The molecule has 1 aliphatic carbocycles. The van der Waals surface area contributed by atoms with Gasteiger partial charge in [-0.1, -0.05) is 73.9 Å². The van der Waals surface area contributed by atoms with E-state index in [0.717, 1.165) is 37.7 Å². The Labute approximate surface area is 193 Å². The van der Waals surface area contributed by atoms with Gasteiger partial charge in [0.1, 0.15) is 17.6 Å². The second kappa shape index (κ2) is 10.9. The normalized spacial score (nSPS) is 14.9. The Bertz CT molecular complexity index is 1070. The lowest BCUT2D eigenvalue weighted by Gasteiger charge is -2.33. The highest BCUT2D eigenvalue weighted by atomic mass is 19.1. The van der Waals surface area contributed by atoms with Crippen LogP contribution >= 0.6 is 0 Å². The average molecular weight is 446 g/mol. The molecule has 1 fully saturated rings. The quantitative estimate of drug-likeness (QED) is 0.553. The first-order valence-corrected chi connectivity index (χ1v) is 11.4.